The van der Waals surface area contributed by atoms with Gasteiger partial charge in [-0.3, -0.25) is 9.69 Å². The van der Waals surface area contributed by atoms with Gasteiger partial charge < -0.3 is 0 Å². The number of pyridine rings is 1. The number of benzene rings is 2. The van der Waals surface area contributed by atoms with Crippen LogP contribution < -0.4 is 4.90 Å². The first-order valence-corrected chi connectivity index (χ1v) is 11.6. The zero-order valence-electron chi connectivity index (χ0n) is 18.5. The number of para-hydroxylation sites is 1. The molecule has 5 aromatic rings. The van der Waals surface area contributed by atoms with Crippen LogP contribution in [0.5, 0.6) is 0 Å². The van der Waals surface area contributed by atoms with E-state index in [2.05, 4.69) is 22.2 Å². The minimum atomic E-state index is -0.114. The van der Waals surface area contributed by atoms with Gasteiger partial charge in [0, 0.05) is 18.4 Å². The zero-order chi connectivity index (χ0) is 22.8. The monoisotopic (exact) mass is 453 g/mol. The molecular weight excluding hydrogens is 430 g/mol. The highest BCUT2D eigenvalue weighted by Crippen LogP contribution is 2.30. The van der Waals surface area contributed by atoms with Gasteiger partial charge in [0.05, 0.1) is 21.5 Å². The maximum absolute atomic E-state index is 13.6. The second-order valence-corrected chi connectivity index (χ2v) is 8.91. The van der Waals surface area contributed by atoms with E-state index in [-0.39, 0.29) is 5.91 Å². The maximum Gasteiger partial charge on any atom is 0.261 e. The minimum Gasteiger partial charge on any atom is -0.284 e. The number of fused-ring (bicyclic) bond motifs is 1. The van der Waals surface area contributed by atoms with E-state index in [1.54, 1.807) is 15.8 Å². The second kappa shape index (κ2) is 8.96. The first-order chi connectivity index (χ1) is 16.1. The lowest BCUT2D eigenvalue weighted by Crippen LogP contribution is -2.33. The summed E-state index contributed by atoms with van der Waals surface area (Å²) in [6.45, 7) is 4.46. The van der Waals surface area contributed by atoms with Crippen molar-refractivity contribution in [2.45, 2.75) is 20.3 Å². The van der Waals surface area contributed by atoms with Crippen molar-refractivity contribution in [2.75, 3.05) is 11.4 Å². The van der Waals surface area contributed by atoms with Crippen LogP contribution in [0, 0.1) is 13.8 Å². The third-order valence-corrected chi connectivity index (χ3v) is 6.51. The van der Waals surface area contributed by atoms with Crippen LogP contribution in [0.1, 0.15) is 27.3 Å². The molecule has 0 unspecified atom stereocenters. The molecular formula is C26H23N5OS. The Balaban J connectivity index is 1.45. The molecule has 0 bridgehead atoms. The summed E-state index contributed by atoms with van der Waals surface area (Å²) in [4.78, 5) is 24.6. The number of carbonyl (C=O) groups is 1. The van der Waals surface area contributed by atoms with Gasteiger partial charge in [0.25, 0.3) is 5.91 Å². The number of rotatable bonds is 6. The molecule has 2 aromatic carbocycles. The summed E-state index contributed by atoms with van der Waals surface area (Å²) in [6, 6.07) is 23.8. The van der Waals surface area contributed by atoms with Crippen LogP contribution >= 0.6 is 11.3 Å². The average molecular weight is 454 g/mol. The molecule has 3 aromatic heterocycles. The fourth-order valence-electron chi connectivity index (χ4n) is 3.80. The lowest BCUT2D eigenvalue weighted by atomic mass is 10.1. The van der Waals surface area contributed by atoms with Crippen molar-refractivity contribution in [1.82, 2.24) is 19.7 Å². The van der Waals surface area contributed by atoms with Crippen LogP contribution in [0.2, 0.25) is 0 Å². The van der Waals surface area contributed by atoms with E-state index in [0.717, 1.165) is 28.0 Å². The predicted molar refractivity (Wildman–Crippen MR) is 132 cm³/mol. The topological polar surface area (TPSA) is 63.9 Å². The normalized spacial score (nSPS) is 11.1. The van der Waals surface area contributed by atoms with Gasteiger partial charge in [-0.2, -0.15) is 5.10 Å². The van der Waals surface area contributed by atoms with Crippen molar-refractivity contribution in [3.05, 3.63) is 102 Å². The Morgan fingerprint density at radius 2 is 1.79 bits per heavy atom. The van der Waals surface area contributed by atoms with Gasteiger partial charge >= 0.3 is 0 Å². The Hall–Kier alpha value is -3.84. The number of thiazole rings is 1. The largest absolute Gasteiger partial charge is 0.284 e. The van der Waals surface area contributed by atoms with E-state index in [0.29, 0.717) is 23.1 Å². The number of hydrogen-bond donors (Lipinski definition) is 0. The summed E-state index contributed by atoms with van der Waals surface area (Å²) in [5.74, 6) is 0.574. The molecule has 7 heteroatoms. The predicted octanol–water partition coefficient (Wildman–Crippen LogP) is 5.38. The highest BCUT2D eigenvalue weighted by Gasteiger charge is 2.22. The molecule has 0 fully saturated rings. The van der Waals surface area contributed by atoms with Crippen molar-refractivity contribution in [3.8, 4) is 5.82 Å². The van der Waals surface area contributed by atoms with Crippen LogP contribution in [0.4, 0.5) is 5.13 Å². The fourth-order valence-corrected chi connectivity index (χ4v) is 4.79. The summed E-state index contributed by atoms with van der Waals surface area (Å²) >= 11 is 1.53. The Morgan fingerprint density at radius 1 is 1.00 bits per heavy atom. The molecule has 6 nitrogen and oxygen atoms in total. The van der Waals surface area contributed by atoms with E-state index < -0.39 is 0 Å². The Bertz CT molecular complexity index is 1370. The number of carbonyl (C=O) groups excluding carboxylic acids is 1. The van der Waals surface area contributed by atoms with Gasteiger partial charge in [0.2, 0.25) is 0 Å². The summed E-state index contributed by atoms with van der Waals surface area (Å²) in [5, 5.41) is 5.17. The summed E-state index contributed by atoms with van der Waals surface area (Å²) in [6.07, 6.45) is 2.36. The number of aromatic nitrogens is 4. The Kier molecular flexibility index (Phi) is 5.71. The van der Waals surface area contributed by atoms with Gasteiger partial charge in [-0.25, -0.2) is 14.6 Å². The number of nitrogens with zero attached hydrogens (tertiary/aromatic N) is 5. The quantitative estimate of drug-likeness (QED) is 0.346. The SMILES string of the molecule is Cc1cc(C)n(-c2ccc(C(=O)N(CCc3ccccc3)c3nc4ccccc4s3)cn2)n1. The summed E-state index contributed by atoms with van der Waals surface area (Å²) in [7, 11) is 0. The van der Waals surface area contributed by atoms with Crippen LogP contribution in [0.25, 0.3) is 16.0 Å². The van der Waals surface area contributed by atoms with E-state index in [1.807, 2.05) is 74.5 Å². The molecule has 0 radical (unpaired) electrons. The molecule has 0 saturated heterocycles. The zero-order valence-corrected chi connectivity index (χ0v) is 19.3. The minimum absolute atomic E-state index is 0.114. The molecule has 33 heavy (non-hydrogen) atoms. The lowest BCUT2D eigenvalue weighted by molar-refractivity contribution is 0.0987. The molecule has 3 heterocycles. The van der Waals surface area contributed by atoms with E-state index in [1.165, 1.54) is 16.9 Å². The molecule has 0 atom stereocenters. The van der Waals surface area contributed by atoms with Gasteiger partial charge in [0.15, 0.2) is 10.9 Å². The van der Waals surface area contributed by atoms with Crippen molar-refractivity contribution in [3.63, 3.8) is 0 Å². The summed E-state index contributed by atoms with van der Waals surface area (Å²) in [5.41, 5.74) is 4.52. The molecule has 0 spiro atoms. The first-order valence-electron chi connectivity index (χ1n) is 10.8. The molecule has 0 saturated carbocycles. The summed E-state index contributed by atoms with van der Waals surface area (Å²) < 4.78 is 2.84. The lowest BCUT2D eigenvalue weighted by Gasteiger charge is -2.20. The maximum atomic E-state index is 13.6. The third kappa shape index (κ3) is 4.40. The number of hydrogen-bond acceptors (Lipinski definition) is 5. The van der Waals surface area contributed by atoms with E-state index >= 15 is 0 Å². The van der Waals surface area contributed by atoms with Crippen LogP contribution in [-0.2, 0) is 6.42 Å². The van der Waals surface area contributed by atoms with Crippen molar-refractivity contribution in [1.29, 1.82) is 0 Å². The Labute approximate surface area is 196 Å². The second-order valence-electron chi connectivity index (χ2n) is 7.90. The van der Waals surface area contributed by atoms with Gasteiger partial charge in [-0.05, 0) is 56.2 Å². The number of amides is 1. The van der Waals surface area contributed by atoms with Crippen molar-refractivity contribution < 1.29 is 4.79 Å². The smallest absolute Gasteiger partial charge is 0.261 e. The molecule has 5 rings (SSSR count). The molecule has 0 aliphatic heterocycles. The fraction of sp³-hybridized carbons (Fsp3) is 0.154. The molecule has 1 amide bonds. The Morgan fingerprint density at radius 3 is 2.48 bits per heavy atom. The average Bonchev–Trinajstić information content (AvgIpc) is 3.42. The highest BCUT2D eigenvalue weighted by molar-refractivity contribution is 7.22. The van der Waals surface area contributed by atoms with Crippen molar-refractivity contribution in [2.24, 2.45) is 0 Å². The molecule has 0 aliphatic rings. The van der Waals surface area contributed by atoms with Crippen LogP contribution in [-0.4, -0.2) is 32.2 Å². The first kappa shape index (κ1) is 21.0. The van der Waals surface area contributed by atoms with Gasteiger partial charge in [-0.1, -0.05) is 53.8 Å². The highest BCUT2D eigenvalue weighted by atomic mass is 32.1. The standard InChI is InChI=1S/C26H23N5OS/c1-18-16-19(2)31(29-18)24-13-12-21(17-27-24)25(32)30(15-14-20-8-4-3-5-9-20)26-28-22-10-6-7-11-23(22)33-26/h3-13,16-17H,14-15H2,1-2H3. The van der Waals surface area contributed by atoms with E-state index in [9.17, 15) is 4.79 Å². The molecule has 0 N–H and O–H groups in total. The van der Waals surface area contributed by atoms with E-state index in [4.69, 9.17) is 4.98 Å². The molecule has 164 valence electrons. The molecule has 0 aliphatic carbocycles. The van der Waals surface area contributed by atoms with Crippen molar-refractivity contribution >= 4 is 32.6 Å². The van der Waals surface area contributed by atoms with Crippen LogP contribution in [0.15, 0.2) is 79.0 Å². The van der Waals surface area contributed by atoms with Crippen LogP contribution in [0.3, 0.4) is 0 Å². The van der Waals surface area contributed by atoms with Gasteiger partial charge in [-0.15, -0.1) is 0 Å². The van der Waals surface area contributed by atoms with Gasteiger partial charge in [0.1, 0.15) is 0 Å². The third-order valence-electron chi connectivity index (χ3n) is 5.45. The number of aryl methyl sites for hydroxylation is 2. The number of anilines is 1.